The van der Waals surface area contributed by atoms with Gasteiger partial charge in [0, 0.05) is 0 Å². The highest BCUT2D eigenvalue weighted by molar-refractivity contribution is 9.10. The molecule has 4 nitrogen and oxygen atoms in total. The minimum Gasteiger partial charge on any atom is -0.382 e. The lowest BCUT2D eigenvalue weighted by atomic mass is 10.2. The number of aromatic nitrogens is 2. The van der Waals surface area contributed by atoms with Crippen LogP contribution in [0.4, 0.5) is 5.82 Å². The molecule has 0 saturated heterocycles. The van der Waals surface area contributed by atoms with E-state index in [9.17, 15) is 4.79 Å². The van der Waals surface area contributed by atoms with E-state index in [1.54, 1.807) is 6.92 Å². The third-order valence-electron chi connectivity index (χ3n) is 1.37. The number of halogens is 2. The summed E-state index contributed by atoms with van der Waals surface area (Å²) in [7, 11) is 0. The van der Waals surface area contributed by atoms with Crippen LogP contribution in [0.15, 0.2) is 10.8 Å². The number of hydrogen-bond acceptors (Lipinski definition) is 4. The number of carbonyl (C=O) groups is 1. The van der Waals surface area contributed by atoms with Gasteiger partial charge < -0.3 is 5.73 Å². The first-order valence-corrected chi connectivity index (χ1v) is 5.19. The fraction of sp³-hybridized carbons (Fsp3) is 0.286. The van der Waals surface area contributed by atoms with E-state index in [-0.39, 0.29) is 22.1 Å². The van der Waals surface area contributed by atoms with Crippen LogP contribution in [0.2, 0.25) is 0 Å². The van der Waals surface area contributed by atoms with Crippen LogP contribution in [0, 0.1) is 0 Å². The largest absolute Gasteiger partial charge is 0.382 e. The fourth-order valence-electron chi connectivity index (χ4n) is 0.747. The Balaban J connectivity index is 3.13. The Hall–Kier alpha value is -0.490. The molecule has 0 bridgehead atoms. The highest BCUT2D eigenvalue weighted by Gasteiger charge is 2.17. The topological polar surface area (TPSA) is 68.9 Å². The Labute approximate surface area is 92.2 Å². The van der Waals surface area contributed by atoms with Crippen molar-refractivity contribution in [2.24, 2.45) is 0 Å². The molecule has 70 valence electrons. The highest BCUT2D eigenvalue weighted by Crippen LogP contribution is 2.15. The Bertz CT molecular complexity index is 341. The van der Waals surface area contributed by atoms with E-state index in [1.165, 1.54) is 6.20 Å². The maximum atomic E-state index is 11.5. The predicted molar refractivity (Wildman–Crippen MR) is 56.9 cm³/mol. The zero-order valence-corrected chi connectivity index (χ0v) is 9.96. The molecule has 1 atom stereocenters. The van der Waals surface area contributed by atoms with Crippen LogP contribution < -0.4 is 5.73 Å². The number of Topliss-reactive ketones (excluding diaryl/α,β-unsaturated/α-hetero) is 1. The second-order valence-electron chi connectivity index (χ2n) is 2.41. The number of alkyl halides is 1. The van der Waals surface area contributed by atoms with Gasteiger partial charge in [0.1, 0.15) is 4.60 Å². The first-order chi connectivity index (χ1) is 6.02. The molecule has 1 rings (SSSR count). The molecule has 1 aromatic heterocycles. The molecular weight excluding hydrogens is 302 g/mol. The van der Waals surface area contributed by atoms with Gasteiger partial charge in [-0.25, -0.2) is 9.97 Å². The van der Waals surface area contributed by atoms with Crippen LogP contribution in [-0.2, 0) is 0 Å². The summed E-state index contributed by atoms with van der Waals surface area (Å²) in [5, 5.41) is 0. The van der Waals surface area contributed by atoms with Crippen molar-refractivity contribution in [2.45, 2.75) is 11.8 Å². The number of rotatable bonds is 2. The number of nitrogens with zero attached hydrogens (tertiary/aromatic N) is 2. The molecule has 0 fully saturated rings. The summed E-state index contributed by atoms with van der Waals surface area (Å²) in [4.78, 5) is 18.9. The maximum absolute atomic E-state index is 11.5. The molecule has 6 heteroatoms. The van der Waals surface area contributed by atoms with Gasteiger partial charge in [0.2, 0.25) is 0 Å². The number of anilines is 1. The lowest BCUT2D eigenvalue weighted by molar-refractivity contribution is 0.0991. The van der Waals surface area contributed by atoms with Crippen LogP contribution in [0.5, 0.6) is 0 Å². The second-order valence-corrected chi connectivity index (χ2v) is 4.59. The van der Waals surface area contributed by atoms with Gasteiger partial charge in [0.05, 0.1) is 11.0 Å². The quantitative estimate of drug-likeness (QED) is 0.668. The van der Waals surface area contributed by atoms with E-state index in [2.05, 4.69) is 41.8 Å². The maximum Gasteiger partial charge on any atom is 0.198 e. The van der Waals surface area contributed by atoms with Crippen LogP contribution in [0.3, 0.4) is 0 Å². The molecule has 0 saturated carbocycles. The van der Waals surface area contributed by atoms with Crippen molar-refractivity contribution in [3.05, 3.63) is 16.5 Å². The van der Waals surface area contributed by atoms with Gasteiger partial charge in [0.25, 0.3) is 0 Å². The molecule has 0 unspecified atom stereocenters. The van der Waals surface area contributed by atoms with Crippen LogP contribution in [-0.4, -0.2) is 20.6 Å². The Morgan fingerprint density at radius 1 is 1.69 bits per heavy atom. The van der Waals surface area contributed by atoms with Crippen molar-refractivity contribution >= 4 is 43.5 Å². The number of carbonyl (C=O) groups excluding carboxylic acids is 1. The van der Waals surface area contributed by atoms with Crippen molar-refractivity contribution in [1.29, 1.82) is 0 Å². The van der Waals surface area contributed by atoms with Gasteiger partial charge in [-0.15, -0.1) is 0 Å². The van der Waals surface area contributed by atoms with E-state index < -0.39 is 0 Å². The van der Waals surface area contributed by atoms with Gasteiger partial charge in [-0.05, 0) is 22.9 Å². The summed E-state index contributed by atoms with van der Waals surface area (Å²) < 4.78 is 0.498. The van der Waals surface area contributed by atoms with Crippen molar-refractivity contribution < 1.29 is 4.79 Å². The molecule has 0 radical (unpaired) electrons. The molecule has 0 amide bonds. The van der Waals surface area contributed by atoms with Gasteiger partial charge >= 0.3 is 0 Å². The van der Waals surface area contributed by atoms with Gasteiger partial charge in [0.15, 0.2) is 17.3 Å². The standard InChI is InChI=1S/C7H7Br2N3O/c1-3(8)6(13)5-7(10)11-2-4(9)12-5/h2-3H,1H3,(H2,10,11)/t3-/m1/s1. The van der Waals surface area contributed by atoms with Crippen molar-refractivity contribution in [1.82, 2.24) is 9.97 Å². The third kappa shape index (κ3) is 2.47. The summed E-state index contributed by atoms with van der Waals surface area (Å²) in [5.74, 6) is -0.0224. The summed E-state index contributed by atoms with van der Waals surface area (Å²) >= 11 is 6.26. The van der Waals surface area contributed by atoms with Gasteiger partial charge in [-0.1, -0.05) is 15.9 Å². The number of ketones is 1. The van der Waals surface area contributed by atoms with Gasteiger partial charge in [-0.3, -0.25) is 4.79 Å². The monoisotopic (exact) mass is 307 g/mol. The highest BCUT2D eigenvalue weighted by atomic mass is 79.9. The molecule has 1 aromatic rings. The van der Waals surface area contributed by atoms with Crippen LogP contribution in [0.1, 0.15) is 17.4 Å². The SMILES string of the molecule is C[C@@H](Br)C(=O)c1nc(Br)cnc1N. The Morgan fingerprint density at radius 3 is 2.85 bits per heavy atom. The zero-order chi connectivity index (χ0) is 10.0. The molecule has 0 aromatic carbocycles. The average Bonchev–Trinajstić information content (AvgIpc) is 2.08. The normalized spacial score (nSPS) is 12.5. The summed E-state index contributed by atoms with van der Waals surface area (Å²) in [6.07, 6.45) is 1.45. The predicted octanol–water partition coefficient (Wildman–Crippen LogP) is 1.79. The van der Waals surface area contributed by atoms with E-state index in [0.717, 1.165) is 0 Å². The molecule has 2 N–H and O–H groups in total. The smallest absolute Gasteiger partial charge is 0.198 e. The Kier molecular flexibility index (Phi) is 3.38. The molecule has 0 aliphatic carbocycles. The van der Waals surface area contributed by atoms with Crippen LogP contribution >= 0.6 is 31.9 Å². The molecule has 0 aliphatic rings. The summed E-state index contributed by atoms with van der Waals surface area (Å²) in [6.45, 7) is 1.71. The van der Waals surface area contributed by atoms with E-state index in [4.69, 9.17) is 5.73 Å². The third-order valence-corrected chi connectivity index (χ3v) is 2.16. The molecule has 0 aliphatic heterocycles. The lowest BCUT2D eigenvalue weighted by Crippen LogP contribution is -2.15. The molecule has 13 heavy (non-hydrogen) atoms. The van der Waals surface area contributed by atoms with Crippen LogP contribution in [0.25, 0.3) is 0 Å². The number of hydrogen-bond donors (Lipinski definition) is 1. The zero-order valence-electron chi connectivity index (χ0n) is 6.79. The summed E-state index contributed by atoms with van der Waals surface area (Å²) in [6, 6.07) is 0. The Morgan fingerprint density at radius 2 is 2.31 bits per heavy atom. The first-order valence-electron chi connectivity index (χ1n) is 3.48. The van der Waals surface area contributed by atoms with E-state index in [0.29, 0.717) is 4.60 Å². The summed E-state index contributed by atoms with van der Waals surface area (Å²) in [5.41, 5.74) is 5.69. The first kappa shape index (κ1) is 10.6. The van der Waals surface area contributed by atoms with Crippen molar-refractivity contribution in [3.63, 3.8) is 0 Å². The van der Waals surface area contributed by atoms with E-state index >= 15 is 0 Å². The van der Waals surface area contributed by atoms with E-state index in [1.807, 2.05) is 0 Å². The minimum atomic E-state index is -0.307. The molecular formula is C7H7Br2N3O. The minimum absolute atomic E-state index is 0.152. The average molecular weight is 309 g/mol. The molecule has 1 heterocycles. The molecule has 0 spiro atoms. The number of nitrogen functional groups attached to an aromatic ring is 1. The number of nitrogens with two attached hydrogens (primary N) is 1. The van der Waals surface area contributed by atoms with Crippen molar-refractivity contribution in [3.8, 4) is 0 Å². The lowest BCUT2D eigenvalue weighted by Gasteiger charge is -2.04. The van der Waals surface area contributed by atoms with Crippen molar-refractivity contribution in [2.75, 3.05) is 5.73 Å². The second kappa shape index (κ2) is 4.15. The van der Waals surface area contributed by atoms with Gasteiger partial charge in [-0.2, -0.15) is 0 Å². The fourth-order valence-corrected chi connectivity index (χ4v) is 1.24.